The monoisotopic (exact) mass is 266 g/mol. The van der Waals surface area contributed by atoms with Crippen LogP contribution in [-0.2, 0) is 12.8 Å². The van der Waals surface area contributed by atoms with E-state index in [0.717, 1.165) is 11.8 Å². The summed E-state index contributed by atoms with van der Waals surface area (Å²) in [6.07, 6.45) is 2.19. The molecule has 6 heteroatoms. The van der Waals surface area contributed by atoms with Crippen molar-refractivity contribution in [3.05, 3.63) is 67.4 Å². The number of hydrogen-bond acceptors (Lipinski definition) is 3. The molecule has 0 aliphatic carbocycles. The first kappa shape index (κ1) is 12.4. The second-order valence-corrected chi connectivity index (χ2v) is 4.32. The zero-order valence-corrected chi connectivity index (χ0v) is 10.1. The number of rotatable bonds is 3. The predicted molar refractivity (Wildman–Crippen MR) is 67.4 cm³/mol. The summed E-state index contributed by atoms with van der Waals surface area (Å²) < 4.78 is 0.374. The lowest BCUT2D eigenvalue weighted by atomic mass is 10.1. The third-order valence-corrected chi connectivity index (χ3v) is 2.85. The van der Waals surface area contributed by atoms with Crippen LogP contribution in [0, 0.1) is 0 Å². The van der Waals surface area contributed by atoms with Crippen molar-refractivity contribution in [1.82, 2.24) is 9.71 Å². The highest BCUT2D eigenvalue weighted by Crippen LogP contribution is 2.10. The number of halogens is 1. The molecule has 2 N–H and O–H groups in total. The van der Waals surface area contributed by atoms with E-state index in [9.17, 15) is 14.8 Å². The first-order chi connectivity index (χ1) is 8.56. The third kappa shape index (κ3) is 2.81. The molecule has 2 rings (SSSR count). The lowest BCUT2D eigenvalue weighted by Gasteiger charge is -2.02. The summed E-state index contributed by atoms with van der Waals surface area (Å²) in [5, 5.41) is 9.83. The molecule has 0 atom stereocenters. The van der Waals surface area contributed by atoms with E-state index in [0.29, 0.717) is 28.2 Å². The first-order valence-corrected chi connectivity index (χ1v) is 5.72. The highest BCUT2D eigenvalue weighted by molar-refractivity contribution is 6.30. The van der Waals surface area contributed by atoms with Gasteiger partial charge in [-0.05, 0) is 30.5 Å². The molecule has 0 spiro atoms. The SMILES string of the molecule is O=c1[nH]c(=O)n(O)cc1CCc1ccc(Cl)cc1. The minimum atomic E-state index is -0.838. The zero-order chi connectivity index (χ0) is 13.1. The van der Waals surface area contributed by atoms with E-state index >= 15 is 0 Å². The molecule has 0 fully saturated rings. The zero-order valence-electron chi connectivity index (χ0n) is 9.39. The van der Waals surface area contributed by atoms with Crippen molar-refractivity contribution in [2.45, 2.75) is 12.8 Å². The minimum absolute atomic E-state index is 0.354. The average Bonchev–Trinajstić information content (AvgIpc) is 2.34. The van der Waals surface area contributed by atoms with Gasteiger partial charge in [0.15, 0.2) is 0 Å². The largest absolute Gasteiger partial charge is 0.424 e. The van der Waals surface area contributed by atoms with Gasteiger partial charge >= 0.3 is 5.69 Å². The highest BCUT2D eigenvalue weighted by Gasteiger charge is 2.04. The summed E-state index contributed by atoms with van der Waals surface area (Å²) in [7, 11) is 0. The van der Waals surface area contributed by atoms with E-state index in [2.05, 4.69) is 0 Å². The van der Waals surface area contributed by atoms with Crippen LogP contribution in [-0.4, -0.2) is 14.9 Å². The van der Waals surface area contributed by atoms with Crippen LogP contribution in [0.2, 0.25) is 5.02 Å². The number of H-pyrrole nitrogens is 1. The summed E-state index contributed by atoms with van der Waals surface area (Å²) in [5.41, 5.74) is 0.0658. The van der Waals surface area contributed by atoms with Crippen molar-refractivity contribution in [3.8, 4) is 0 Å². The number of nitrogens with one attached hydrogen (secondary N) is 1. The van der Waals surface area contributed by atoms with E-state index < -0.39 is 11.2 Å². The highest BCUT2D eigenvalue weighted by atomic mass is 35.5. The van der Waals surface area contributed by atoms with E-state index in [-0.39, 0.29) is 0 Å². The molecule has 0 bridgehead atoms. The summed E-state index contributed by atoms with van der Waals surface area (Å²) in [6, 6.07) is 7.28. The molecule has 0 radical (unpaired) electrons. The Labute approximate surface area is 107 Å². The van der Waals surface area contributed by atoms with E-state index in [1.54, 1.807) is 12.1 Å². The quantitative estimate of drug-likeness (QED) is 0.820. The Morgan fingerprint density at radius 2 is 1.83 bits per heavy atom. The molecule has 0 saturated carbocycles. The third-order valence-electron chi connectivity index (χ3n) is 2.59. The molecule has 94 valence electrons. The summed E-state index contributed by atoms with van der Waals surface area (Å²) in [5.74, 6) is 0. The molecule has 5 nitrogen and oxygen atoms in total. The Morgan fingerprint density at radius 3 is 2.50 bits per heavy atom. The number of aromatic nitrogens is 2. The van der Waals surface area contributed by atoms with Crippen molar-refractivity contribution < 1.29 is 5.21 Å². The van der Waals surface area contributed by atoms with E-state index in [4.69, 9.17) is 11.6 Å². The Bertz CT molecular complexity index is 658. The van der Waals surface area contributed by atoms with Crippen LogP contribution >= 0.6 is 11.6 Å². The van der Waals surface area contributed by atoms with Crippen molar-refractivity contribution in [2.24, 2.45) is 0 Å². The van der Waals surface area contributed by atoms with Gasteiger partial charge < -0.3 is 5.21 Å². The van der Waals surface area contributed by atoms with Gasteiger partial charge in [-0.3, -0.25) is 9.78 Å². The fraction of sp³-hybridized carbons (Fsp3) is 0.167. The van der Waals surface area contributed by atoms with Crippen LogP contribution < -0.4 is 11.2 Å². The molecule has 1 heterocycles. The van der Waals surface area contributed by atoms with Crippen LogP contribution in [0.25, 0.3) is 0 Å². The molecule has 18 heavy (non-hydrogen) atoms. The number of aromatic amines is 1. The molecule has 1 aromatic carbocycles. The summed E-state index contributed by atoms with van der Waals surface area (Å²) in [6.45, 7) is 0. The smallest absolute Gasteiger partial charge is 0.361 e. The van der Waals surface area contributed by atoms with Crippen molar-refractivity contribution in [1.29, 1.82) is 0 Å². The molecule has 1 aromatic heterocycles. The Morgan fingerprint density at radius 1 is 1.17 bits per heavy atom. The first-order valence-electron chi connectivity index (χ1n) is 5.35. The Balaban J connectivity index is 2.15. The number of aryl methyl sites for hydroxylation is 2. The van der Waals surface area contributed by atoms with E-state index in [1.807, 2.05) is 17.1 Å². The van der Waals surface area contributed by atoms with Gasteiger partial charge in [-0.15, -0.1) is 4.73 Å². The molecule has 2 aromatic rings. The Kier molecular flexibility index (Phi) is 3.53. The second kappa shape index (κ2) is 5.10. The van der Waals surface area contributed by atoms with Crippen LogP contribution in [0.15, 0.2) is 40.1 Å². The van der Waals surface area contributed by atoms with Crippen molar-refractivity contribution in [3.63, 3.8) is 0 Å². The van der Waals surface area contributed by atoms with Gasteiger partial charge in [-0.2, -0.15) is 0 Å². The van der Waals surface area contributed by atoms with Gasteiger partial charge in [-0.25, -0.2) is 4.79 Å². The van der Waals surface area contributed by atoms with E-state index in [1.165, 1.54) is 0 Å². The molecule has 0 aliphatic rings. The predicted octanol–water partition coefficient (Wildman–Crippen LogP) is 1.21. The minimum Gasteiger partial charge on any atom is -0.424 e. The second-order valence-electron chi connectivity index (χ2n) is 3.88. The van der Waals surface area contributed by atoms with Crippen LogP contribution in [0.1, 0.15) is 11.1 Å². The number of benzene rings is 1. The normalized spacial score (nSPS) is 10.5. The standard InChI is InChI=1S/C12H11ClN2O3/c13-10-5-2-8(3-6-10)1-4-9-7-15(18)12(17)14-11(9)16/h2-3,5-7,18H,1,4H2,(H,14,16,17). The van der Waals surface area contributed by atoms with Crippen LogP contribution in [0.5, 0.6) is 0 Å². The summed E-state index contributed by atoms with van der Waals surface area (Å²) in [4.78, 5) is 24.4. The molecular formula is C12H11ClN2O3. The molecular weight excluding hydrogens is 256 g/mol. The van der Waals surface area contributed by atoms with Crippen molar-refractivity contribution in [2.75, 3.05) is 0 Å². The molecule has 0 saturated heterocycles. The maximum absolute atomic E-state index is 11.5. The van der Waals surface area contributed by atoms with Gasteiger partial charge in [0.1, 0.15) is 0 Å². The van der Waals surface area contributed by atoms with Gasteiger partial charge in [0.25, 0.3) is 5.56 Å². The molecule has 0 unspecified atom stereocenters. The average molecular weight is 267 g/mol. The molecule has 0 aliphatic heterocycles. The van der Waals surface area contributed by atoms with Crippen LogP contribution in [0.3, 0.4) is 0 Å². The Hall–Kier alpha value is -2.01. The maximum Gasteiger partial charge on any atom is 0.361 e. The van der Waals surface area contributed by atoms with Gasteiger partial charge in [0.05, 0.1) is 6.20 Å². The lowest BCUT2D eigenvalue weighted by molar-refractivity contribution is 0.168. The topological polar surface area (TPSA) is 75.1 Å². The van der Waals surface area contributed by atoms with Gasteiger partial charge in [0.2, 0.25) is 0 Å². The molecule has 0 amide bonds. The van der Waals surface area contributed by atoms with Gasteiger partial charge in [-0.1, -0.05) is 23.7 Å². The number of hydrogen-bond donors (Lipinski definition) is 2. The number of nitrogens with zero attached hydrogens (tertiary/aromatic N) is 1. The van der Waals surface area contributed by atoms with Crippen LogP contribution in [0.4, 0.5) is 0 Å². The fourth-order valence-electron chi connectivity index (χ4n) is 1.61. The van der Waals surface area contributed by atoms with Gasteiger partial charge in [0, 0.05) is 10.6 Å². The lowest BCUT2D eigenvalue weighted by Crippen LogP contribution is -2.30. The summed E-state index contributed by atoms with van der Waals surface area (Å²) >= 11 is 5.77. The fourth-order valence-corrected chi connectivity index (χ4v) is 1.73. The maximum atomic E-state index is 11.5. The van der Waals surface area contributed by atoms with Crippen molar-refractivity contribution >= 4 is 11.6 Å².